The standard InChI is InChI=1S/C19H15FN2O/c20-8-10-23-17-6-5-15-12-19(21-13-16(15)11-17)22-9-7-14-3-1-2-4-18(14)22/h1-7,9,11-13H,8,10H2/i20-1. The van der Waals surface area contributed by atoms with Gasteiger partial charge in [0.2, 0.25) is 0 Å². The Hall–Kier alpha value is -2.88. The van der Waals surface area contributed by atoms with Crippen LogP contribution < -0.4 is 4.74 Å². The van der Waals surface area contributed by atoms with Gasteiger partial charge in [0.1, 0.15) is 24.8 Å². The van der Waals surface area contributed by atoms with Crippen LogP contribution in [-0.2, 0) is 0 Å². The topological polar surface area (TPSA) is 27.1 Å². The minimum atomic E-state index is -0.490. The Morgan fingerprint density at radius 1 is 0.957 bits per heavy atom. The summed E-state index contributed by atoms with van der Waals surface area (Å²) in [4.78, 5) is 4.55. The number of fused-ring (bicyclic) bond motifs is 2. The molecule has 4 rings (SSSR count). The number of hydrogen-bond donors (Lipinski definition) is 0. The van der Waals surface area contributed by atoms with E-state index < -0.39 is 6.67 Å². The third-order valence-electron chi connectivity index (χ3n) is 3.87. The number of nitrogens with zero attached hydrogens (tertiary/aromatic N) is 2. The summed E-state index contributed by atoms with van der Waals surface area (Å²) in [6.45, 7) is -0.414. The van der Waals surface area contributed by atoms with Crippen molar-refractivity contribution in [1.29, 1.82) is 0 Å². The first-order chi connectivity index (χ1) is 11.3. The zero-order valence-electron chi connectivity index (χ0n) is 12.4. The smallest absolute Gasteiger partial charge is 0.137 e. The molecule has 0 spiro atoms. The number of hydrogen-bond acceptors (Lipinski definition) is 2. The average molecular weight is 305 g/mol. The molecular weight excluding hydrogens is 290 g/mol. The molecule has 114 valence electrons. The largest absolute Gasteiger partial charge is 0.491 e. The Kier molecular flexibility index (Phi) is 3.42. The molecule has 2 aromatic heterocycles. The molecule has 0 saturated carbocycles. The molecule has 0 saturated heterocycles. The van der Waals surface area contributed by atoms with Gasteiger partial charge in [-0.1, -0.05) is 24.3 Å². The van der Waals surface area contributed by atoms with Crippen molar-refractivity contribution in [1.82, 2.24) is 9.55 Å². The Morgan fingerprint density at radius 2 is 1.87 bits per heavy atom. The van der Waals surface area contributed by atoms with E-state index >= 15 is 0 Å². The molecule has 0 amide bonds. The van der Waals surface area contributed by atoms with Crippen LogP contribution in [0.1, 0.15) is 0 Å². The highest BCUT2D eigenvalue weighted by Gasteiger charge is 2.05. The van der Waals surface area contributed by atoms with Crippen LogP contribution in [0.4, 0.5) is 4.39 Å². The molecule has 2 heterocycles. The first kappa shape index (κ1) is 13.8. The van der Waals surface area contributed by atoms with Gasteiger partial charge in [0.25, 0.3) is 0 Å². The molecule has 0 bridgehead atoms. The van der Waals surface area contributed by atoms with Crippen molar-refractivity contribution in [2.45, 2.75) is 0 Å². The lowest BCUT2D eigenvalue weighted by Crippen LogP contribution is -1.99. The minimum Gasteiger partial charge on any atom is -0.491 e. The van der Waals surface area contributed by atoms with E-state index in [1.165, 1.54) is 5.39 Å². The van der Waals surface area contributed by atoms with Crippen molar-refractivity contribution in [3.63, 3.8) is 0 Å². The van der Waals surface area contributed by atoms with Crippen LogP contribution in [0.3, 0.4) is 0 Å². The maximum atomic E-state index is 12.2. The average Bonchev–Trinajstić information content (AvgIpc) is 3.03. The molecule has 0 atom stereocenters. The minimum absolute atomic E-state index is 0.0758. The molecule has 4 aromatic rings. The zero-order chi connectivity index (χ0) is 15.6. The lowest BCUT2D eigenvalue weighted by molar-refractivity contribution is 0.273. The second-order valence-corrected chi connectivity index (χ2v) is 5.33. The summed E-state index contributed by atoms with van der Waals surface area (Å²) in [5, 5.41) is 3.23. The van der Waals surface area contributed by atoms with Crippen molar-refractivity contribution in [2.75, 3.05) is 13.3 Å². The summed E-state index contributed by atoms with van der Waals surface area (Å²) in [7, 11) is 0. The molecule has 3 nitrogen and oxygen atoms in total. The van der Waals surface area contributed by atoms with E-state index in [1.54, 1.807) is 0 Å². The maximum Gasteiger partial charge on any atom is 0.137 e. The number of rotatable bonds is 4. The van der Waals surface area contributed by atoms with Crippen LogP contribution in [0.5, 0.6) is 5.75 Å². The van der Waals surface area contributed by atoms with Gasteiger partial charge in [0.15, 0.2) is 0 Å². The van der Waals surface area contributed by atoms with Gasteiger partial charge in [-0.25, -0.2) is 9.37 Å². The molecule has 0 aliphatic heterocycles. The Bertz CT molecular complexity index is 977. The molecule has 2 aromatic carbocycles. The predicted molar refractivity (Wildman–Crippen MR) is 90.0 cm³/mol. The Balaban J connectivity index is 1.77. The van der Waals surface area contributed by atoms with Gasteiger partial charge in [0, 0.05) is 17.8 Å². The van der Waals surface area contributed by atoms with Crippen molar-refractivity contribution in [3.8, 4) is 11.6 Å². The van der Waals surface area contributed by atoms with Gasteiger partial charge in [-0.3, -0.25) is 0 Å². The van der Waals surface area contributed by atoms with Gasteiger partial charge in [-0.05, 0) is 41.1 Å². The van der Waals surface area contributed by atoms with E-state index in [1.807, 2.05) is 48.8 Å². The van der Waals surface area contributed by atoms with Crippen LogP contribution in [-0.4, -0.2) is 22.8 Å². The van der Waals surface area contributed by atoms with E-state index in [9.17, 15) is 4.39 Å². The highest BCUT2D eigenvalue weighted by Crippen LogP contribution is 2.24. The van der Waals surface area contributed by atoms with E-state index in [0.29, 0.717) is 5.75 Å². The van der Waals surface area contributed by atoms with E-state index in [-0.39, 0.29) is 6.61 Å². The van der Waals surface area contributed by atoms with Crippen molar-refractivity contribution in [3.05, 3.63) is 67.0 Å². The van der Waals surface area contributed by atoms with Crippen LogP contribution in [0.15, 0.2) is 67.0 Å². The van der Waals surface area contributed by atoms with Crippen molar-refractivity contribution >= 4 is 21.7 Å². The summed E-state index contributed by atoms with van der Waals surface area (Å²) >= 11 is 0. The number of halogens is 1. The number of benzene rings is 2. The number of aromatic nitrogens is 2. The molecule has 0 fully saturated rings. The third-order valence-corrected chi connectivity index (χ3v) is 3.87. The monoisotopic (exact) mass is 305 g/mol. The molecule has 4 heteroatoms. The van der Waals surface area contributed by atoms with Crippen LogP contribution in [0.2, 0.25) is 0 Å². The third kappa shape index (κ3) is 2.52. The Labute approximate surface area is 132 Å². The molecule has 0 N–H and O–H groups in total. The fourth-order valence-electron chi connectivity index (χ4n) is 2.77. The summed E-state index contributed by atoms with van der Waals surface area (Å²) in [6.07, 6.45) is 3.85. The maximum absolute atomic E-state index is 12.2. The van der Waals surface area contributed by atoms with Crippen LogP contribution >= 0.6 is 0 Å². The fourth-order valence-corrected chi connectivity index (χ4v) is 2.77. The molecule has 0 aliphatic rings. The van der Waals surface area contributed by atoms with E-state index in [0.717, 1.165) is 22.1 Å². The number of alkyl halides is 1. The van der Waals surface area contributed by atoms with Crippen LogP contribution in [0, 0.1) is 0 Å². The molecule has 23 heavy (non-hydrogen) atoms. The van der Waals surface area contributed by atoms with E-state index in [2.05, 4.69) is 27.8 Å². The first-order valence-electron chi connectivity index (χ1n) is 7.50. The Morgan fingerprint density at radius 3 is 2.78 bits per heavy atom. The van der Waals surface area contributed by atoms with Crippen LogP contribution in [0.25, 0.3) is 27.5 Å². The number of pyridine rings is 1. The van der Waals surface area contributed by atoms with E-state index in [4.69, 9.17) is 4.74 Å². The quantitative estimate of drug-likeness (QED) is 0.554. The summed E-state index contributed by atoms with van der Waals surface area (Å²) in [6, 6.07) is 18.0. The number of ether oxygens (including phenoxy) is 1. The summed E-state index contributed by atoms with van der Waals surface area (Å²) < 4.78 is 19.6. The van der Waals surface area contributed by atoms with Crippen molar-refractivity contribution < 1.29 is 9.13 Å². The van der Waals surface area contributed by atoms with Gasteiger partial charge in [-0.15, -0.1) is 0 Å². The molecular formula is C19H15FN2O. The second kappa shape index (κ2) is 5.72. The predicted octanol–water partition coefficient (Wildman–Crippen LogP) is 4.53. The molecule has 0 radical (unpaired) electrons. The summed E-state index contributed by atoms with van der Waals surface area (Å²) in [5.41, 5.74) is 1.13. The van der Waals surface area contributed by atoms with Gasteiger partial charge >= 0.3 is 0 Å². The van der Waals surface area contributed by atoms with Gasteiger partial charge in [-0.2, -0.15) is 0 Å². The van der Waals surface area contributed by atoms with Gasteiger partial charge < -0.3 is 9.30 Å². The fraction of sp³-hybridized carbons (Fsp3) is 0.105. The SMILES string of the molecule is [18F]CCOc1ccc2cc(-n3ccc4ccccc43)ncc2c1. The lowest BCUT2D eigenvalue weighted by atomic mass is 10.1. The summed E-state index contributed by atoms with van der Waals surface area (Å²) in [5.74, 6) is 1.53. The van der Waals surface area contributed by atoms with Gasteiger partial charge in [0.05, 0.1) is 5.52 Å². The van der Waals surface area contributed by atoms with Crippen molar-refractivity contribution in [2.24, 2.45) is 0 Å². The number of para-hydroxylation sites is 1. The normalized spacial score (nSPS) is 11.2. The second-order valence-electron chi connectivity index (χ2n) is 5.33. The first-order valence-corrected chi connectivity index (χ1v) is 7.50. The highest BCUT2D eigenvalue weighted by molar-refractivity contribution is 5.86. The zero-order valence-corrected chi connectivity index (χ0v) is 12.4. The molecule has 0 unspecified atom stereocenters. The lowest BCUT2D eigenvalue weighted by Gasteiger charge is -2.08. The molecule has 0 aliphatic carbocycles. The highest BCUT2D eigenvalue weighted by atomic mass is 18.2.